The molecule has 18 heavy (non-hydrogen) atoms. The van der Waals surface area contributed by atoms with E-state index in [0.29, 0.717) is 6.07 Å². The van der Waals surface area contributed by atoms with Gasteiger partial charge < -0.3 is 10.1 Å². The molecule has 0 saturated heterocycles. The number of benzene rings is 1. The number of fused-ring (bicyclic) bond motifs is 1. The molecule has 94 valence electrons. The maximum absolute atomic E-state index is 13.5. The van der Waals surface area contributed by atoms with Crippen molar-refractivity contribution in [3.8, 4) is 0 Å². The molecule has 1 aromatic heterocycles. The van der Waals surface area contributed by atoms with Crippen molar-refractivity contribution in [3.05, 3.63) is 45.8 Å². The lowest BCUT2D eigenvalue weighted by Crippen LogP contribution is -2.14. The van der Waals surface area contributed by atoms with Crippen LogP contribution in [-0.2, 0) is 11.2 Å². The lowest BCUT2D eigenvalue weighted by atomic mass is 10.1. The van der Waals surface area contributed by atoms with Crippen molar-refractivity contribution in [2.24, 2.45) is 0 Å². The third kappa shape index (κ3) is 2.37. The van der Waals surface area contributed by atoms with E-state index in [2.05, 4.69) is 4.98 Å². The number of carboxylic acid groups (broad SMARTS) is 1. The average Bonchev–Trinajstić information content (AvgIpc) is 2.26. The number of aromatic nitrogens is 1. The Morgan fingerprint density at radius 3 is 2.67 bits per heavy atom. The summed E-state index contributed by atoms with van der Waals surface area (Å²) >= 11 is 0. The van der Waals surface area contributed by atoms with Gasteiger partial charge in [0.15, 0.2) is 0 Å². The molecule has 0 aliphatic carbocycles. The van der Waals surface area contributed by atoms with E-state index in [4.69, 9.17) is 5.11 Å². The summed E-state index contributed by atoms with van der Waals surface area (Å²) in [7, 11) is 0. The summed E-state index contributed by atoms with van der Waals surface area (Å²) in [6.45, 7) is 0. The van der Waals surface area contributed by atoms with E-state index in [9.17, 15) is 18.4 Å². The van der Waals surface area contributed by atoms with E-state index >= 15 is 0 Å². The number of carboxylic acids is 1. The van der Waals surface area contributed by atoms with Crippen LogP contribution in [-0.4, -0.2) is 16.1 Å². The number of carbonyl (C=O) groups is 1. The van der Waals surface area contributed by atoms with E-state index in [1.807, 2.05) is 0 Å². The molecule has 0 atom stereocenters. The van der Waals surface area contributed by atoms with Crippen LogP contribution in [0, 0.1) is 11.6 Å². The summed E-state index contributed by atoms with van der Waals surface area (Å²) in [4.78, 5) is 24.3. The monoisotopic (exact) mass is 253 g/mol. The van der Waals surface area contributed by atoms with Crippen LogP contribution in [0.5, 0.6) is 0 Å². The molecule has 0 radical (unpaired) electrons. The van der Waals surface area contributed by atoms with Gasteiger partial charge in [0, 0.05) is 23.4 Å². The summed E-state index contributed by atoms with van der Waals surface area (Å²) in [6, 6.07) is 2.98. The number of aromatic amines is 1. The van der Waals surface area contributed by atoms with Crippen LogP contribution in [0.15, 0.2) is 23.0 Å². The molecule has 4 nitrogen and oxygen atoms in total. The Morgan fingerprint density at radius 2 is 2.00 bits per heavy atom. The van der Waals surface area contributed by atoms with Crippen LogP contribution in [0.3, 0.4) is 0 Å². The maximum Gasteiger partial charge on any atom is 0.303 e. The lowest BCUT2D eigenvalue weighted by molar-refractivity contribution is -0.136. The second-order valence-corrected chi connectivity index (χ2v) is 3.87. The number of nitrogens with one attached hydrogen (secondary N) is 1. The largest absolute Gasteiger partial charge is 0.481 e. The number of hydrogen-bond donors (Lipinski definition) is 2. The highest BCUT2D eigenvalue weighted by Gasteiger charge is 2.09. The van der Waals surface area contributed by atoms with Gasteiger partial charge in [0.25, 0.3) is 5.56 Å². The fourth-order valence-corrected chi connectivity index (χ4v) is 1.70. The van der Waals surface area contributed by atoms with Crippen molar-refractivity contribution >= 4 is 16.9 Å². The van der Waals surface area contributed by atoms with E-state index in [1.165, 1.54) is 6.07 Å². The number of halogens is 2. The minimum Gasteiger partial charge on any atom is -0.481 e. The zero-order valence-electron chi connectivity index (χ0n) is 9.17. The molecule has 6 heteroatoms. The molecular weight excluding hydrogens is 244 g/mol. The Bertz CT molecular complexity index is 679. The SMILES string of the molecule is O=C(O)CCc1cc2c(F)cc(F)cc2[nH]c1=O. The van der Waals surface area contributed by atoms with Crippen molar-refractivity contribution in [1.29, 1.82) is 0 Å². The fraction of sp³-hybridized carbons (Fsp3) is 0.167. The molecule has 2 rings (SSSR count). The molecule has 0 unspecified atom stereocenters. The lowest BCUT2D eigenvalue weighted by Gasteiger charge is -2.03. The maximum atomic E-state index is 13.5. The van der Waals surface area contributed by atoms with E-state index < -0.39 is 23.2 Å². The van der Waals surface area contributed by atoms with Gasteiger partial charge in [-0.15, -0.1) is 0 Å². The zero-order chi connectivity index (χ0) is 13.3. The second kappa shape index (κ2) is 4.56. The Kier molecular flexibility index (Phi) is 3.10. The van der Waals surface area contributed by atoms with Gasteiger partial charge in [-0.3, -0.25) is 9.59 Å². The summed E-state index contributed by atoms with van der Waals surface area (Å²) in [5.74, 6) is -2.62. The number of aliphatic carboxylic acids is 1. The van der Waals surface area contributed by atoms with Crippen LogP contribution in [0.4, 0.5) is 8.78 Å². The number of pyridine rings is 1. The van der Waals surface area contributed by atoms with Crippen molar-refractivity contribution < 1.29 is 18.7 Å². The van der Waals surface area contributed by atoms with E-state index in [0.717, 1.165) is 6.07 Å². The molecule has 0 spiro atoms. The first-order valence-corrected chi connectivity index (χ1v) is 5.20. The molecule has 0 bridgehead atoms. The summed E-state index contributed by atoms with van der Waals surface area (Å²) in [5.41, 5.74) is -0.319. The molecule has 2 N–H and O–H groups in total. The summed E-state index contributed by atoms with van der Waals surface area (Å²) in [6.07, 6.45) is -0.227. The highest BCUT2D eigenvalue weighted by atomic mass is 19.1. The first-order valence-electron chi connectivity index (χ1n) is 5.20. The first kappa shape index (κ1) is 12.2. The van der Waals surface area contributed by atoms with Gasteiger partial charge in [-0.25, -0.2) is 8.78 Å². The van der Waals surface area contributed by atoms with Crippen LogP contribution in [0.1, 0.15) is 12.0 Å². The molecule has 2 aromatic rings. The molecule has 0 saturated carbocycles. The van der Waals surface area contributed by atoms with Crippen LogP contribution < -0.4 is 5.56 Å². The quantitative estimate of drug-likeness (QED) is 0.876. The van der Waals surface area contributed by atoms with Gasteiger partial charge in [0.1, 0.15) is 11.6 Å². The van der Waals surface area contributed by atoms with E-state index in [1.54, 1.807) is 0 Å². The first-order chi connectivity index (χ1) is 8.47. The molecule has 0 aliphatic heterocycles. The Hall–Kier alpha value is -2.24. The Labute approximate surface area is 99.9 Å². The number of aryl methyl sites for hydroxylation is 1. The van der Waals surface area contributed by atoms with Gasteiger partial charge in [-0.2, -0.15) is 0 Å². The average molecular weight is 253 g/mol. The highest BCUT2D eigenvalue weighted by Crippen LogP contribution is 2.17. The van der Waals surface area contributed by atoms with Gasteiger partial charge in [0.2, 0.25) is 0 Å². The minimum atomic E-state index is -1.05. The molecule has 1 aromatic carbocycles. The third-order valence-corrected chi connectivity index (χ3v) is 2.56. The van der Waals surface area contributed by atoms with Crippen molar-refractivity contribution in [1.82, 2.24) is 4.98 Å². The summed E-state index contributed by atoms with van der Waals surface area (Å²) in [5, 5.41) is 8.60. The highest BCUT2D eigenvalue weighted by molar-refractivity contribution is 5.79. The number of hydrogen-bond acceptors (Lipinski definition) is 2. The normalized spacial score (nSPS) is 10.8. The smallest absolute Gasteiger partial charge is 0.303 e. The predicted octanol–water partition coefficient (Wildman–Crippen LogP) is 1.82. The third-order valence-electron chi connectivity index (χ3n) is 2.56. The molecule has 0 aliphatic rings. The van der Waals surface area contributed by atoms with Crippen molar-refractivity contribution in [3.63, 3.8) is 0 Å². The zero-order valence-corrected chi connectivity index (χ0v) is 9.17. The Morgan fingerprint density at radius 1 is 1.28 bits per heavy atom. The second-order valence-electron chi connectivity index (χ2n) is 3.87. The Balaban J connectivity index is 2.54. The van der Waals surface area contributed by atoms with E-state index in [-0.39, 0.29) is 29.3 Å². The number of rotatable bonds is 3. The standard InChI is InChI=1S/C12H9F2NO3/c13-7-4-9(14)8-3-6(1-2-11(16)17)12(18)15-10(8)5-7/h3-5H,1-2H2,(H,15,18)(H,16,17). The van der Waals surface area contributed by atoms with Crippen molar-refractivity contribution in [2.75, 3.05) is 0 Å². The number of H-pyrrole nitrogens is 1. The van der Waals surface area contributed by atoms with Crippen molar-refractivity contribution in [2.45, 2.75) is 12.8 Å². The van der Waals surface area contributed by atoms with Gasteiger partial charge in [-0.05, 0) is 18.6 Å². The van der Waals surface area contributed by atoms with Crippen LogP contribution in [0.25, 0.3) is 10.9 Å². The molecule has 1 heterocycles. The molecule has 0 amide bonds. The van der Waals surface area contributed by atoms with Gasteiger partial charge in [0.05, 0.1) is 5.52 Å². The van der Waals surface area contributed by atoms with Gasteiger partial charge in [-0.1, -0.05) is 0 Å². The minimum absolute atomic E-state index is 0.00256. The van der Waals surface area contributed by atoms with Crippen LogP contribution >= 0.6 is 0 Å². The topological polar surface area (TPSA) is 70.2 Å². The predicted molar refractivity (Wildman–Crippen MR) is 60.4 cm³/mol. The summed E-state index contributed by atoms with van der Waals surface area (Å²) < 4.78 is 26.4. The fourth-order valence-electron chi connectivity index (χ4n) is 1.70. The molecule has 0 fully saturated rings. The van der Waals surface area contributed by atoms with Gasteiger partial charge >= 0.3 is 5.97 Å². The molecular formula is C12H9F2NO3. The van der Waals surface area contributed by atoms with Crippen LogP contribution in [0.2, 0.25) is 0 Å².